The van der Waals surface area contributed by atoms with Gasteiger partial charge in [-0.2, -0.15) is 0 Å². The lowest BCUT2D eigenvalue weighted by Crippen LogP contribution is -2.24. The molecule has 0 unspecified atom stereocenters. The smallest absolute Gasteiger partial charge is 0.268 e. The van der Waals surface area contributed by atoms with Gasteiger partial charge in [0.05, 0.1) is 7.11 Å². The van der Waals surface area contributed by atoms with Gasteiger partial charge in [-0.25, -0.2) is 0 Å². The average Bonchev–Trinajstić information content (AvgIpc) is 2.91. The molecule has 3 rings (SSSR count). The number of rotatable bonds is 4. The van der Waals surface area contributed by atoms with Gasteiger partial charge in [-0.1, -0.05) is 12.1 Å². The molecule has 1 aliphatic carbocycles. The van der Waals surface area contributed by atoms with Gasteiger partial charge < -0.3 is 15.0 Å². The normalized spacial score (nSPS) is 13.6. The first-order valence-corrected chi connectivity index (χ1v) is 7.76. The summed E-state index contributed by atoms with van der Waals surface area (Å²) >= 11 is 0. The zero-order valence-electron chi connectivity index (χ0n) is 13.4. The zero-order chi connectivity index (χ0) is 16.4. The molecule has 1 aliphatic rings. The van der Waals surface area contributed by atoms with Crippen LogP contribution in [0.15, 0.2) is 24.3 Å². The molecule has 0 bridgehead atoms. The van der Waals surface area contributed by atoms with E-state index in [0.29, 0.717) is 24.2 Å². The van der Waals surface area contributed by atoms with E-state index in [1.54, 1.807) is 7.11 Å². The van der Waals surface area contributed by atoms with Gasteiger partial charge in [-0.05, 0) is 43.0 Å². The Balaban J connectivity index is 1.72. The molecule has 5 heteroatoms. The van der Waals surface area contributed by atoms with Crippen LogP contribution in [0.1, 0.15) is 50.5 Å². The number of carbonyl (C=O) groups excluding carboxylic acids is 2. The van der Waals surface area contributed by atoms with E-state index in [1.807, 2.05) is 31.2 Å². The Bertz CT molecular complexity index is 744. The van der Waals surface area contributed by atoms with Crippen LogP contribution < -0.4 is 10.1 Å². The highest BCUT2D eigenvalue weighted by Crippen LogP contribution is 2.26. The number of ether oxygens (including phenoxy) is 1. The molecule has 1 aromatic carbocycles. The number of Topliss-reactive ketones (excluding diaryl/α,β-unsaturated/α-hetero) is 1. The highest BCUT2D eigenvalue weighted by atomic mass is 16.5. The van der Waals surface area contributed by atoms with Crippen molar-refractivity contribution < 1.29 is 14.3 Å². The molecule has 0 fully saturated rings. The van der Waals surface area contributed by atoms with Crippen molar-refractivity contribution in [3.05, 3.63) is 52.3 Å². The Kier molecular flexibility index (Phi) is 4.19. The van der Waals surface area contributed by atoms with Crippen molar-refractivity contribution in [2.45, 2.75) is 32.7 Å². The largest absolute Gasteiger partial charge is 0.497 e. The minimum absolute atomic E-state index is 0.134. The molecule has 2 N–H and O–H groups in total. The lowest BCUT2D eigenvalue weighted by atomic mass is 9.94. The topological polar surface area (TPSA) is 71.2 Å². The fraction of sp³-hybridized carbons (Fsp3) is 0.333. The van der Waals surface area contributed by atoms with Crippen molar-refractivity contribution in [3.8, 4) is 5.75 Å². The van der Waals surface area contributed by atoms with E-state index in [2.05, 4.69) is 10.3 Å². The van der Waals surface area contributed by atoms with Crippen LogP contribution in [-0.2, 0) is 13.0 Å². The maximum Gasteiger partial charge on any atom is 0.268 e. The van der Waals surface area contributed by atoms with E-state index >= 15 is 0 Å². The van der Waals surface area contributed by atoms with E-state index in [4.69, 9.17) is 4.74 Å². The van der Waals surface area contributed by atoms with Crippen molar-refractivity contribution in [2.75, 3.05) is 7.11 Å². The number of ketones is 1. The molecule has 0 spiro atoms. The Morgan fingerprint density at radius 3 is 2.65 bits per heavy atom. The molecule has 0 atom stereocenters. The molecule has 1 heterocycles. The van der Waals surface area contributed by atoms with Crippen LogP contribution in [0.5, 0.6) is 5.75 Å². The van der Waals surface area contributed by atoms with Gasteiger partial charge in [0.15, 0.2) is 5.78 Å². The molecule has 1 aromatic heterocycles. The number of H-pyrrole nitrogens is 1. The Labute approximate surface area is 135 Å². The van der Waals surface area contributed by atoms with Gasteiger partial charge >= 0.3 is 0 Å². The maximum absolute atomic E-state index is 12.4. The highest BCUT2D eigenvalue weighted by molar-refractivity contribution is 6.04. The minimum Gasteiger partial charge on any atom is -0.497 e. The van der Waals surface area contributed by atoms with Crippen LogP contribution in [0.4, 0.5) is 0 Å². The number of amides is 1. The van der Waals surface area contributed by atoms with Crippen molar-refractivity contribution in [1.82, 2.24) is 10.3 Å². The zero-order valence-corrected chi connectivity index (χ0v) is 13.4. The van der Waals surface area contributed by atoms with Crippen molar-refractivity contribution in [2.24, 2.45) is 0 Å². The first-order chi connectivity index (χ1) is 11.1. The van der Waals surface area contributed by atoms with Crippen LogP contribution in [0, 0.1) is 6.92 Å². The molecule has 1 amide bonds. The maximum atomic E-state index is 12.4. The number of nitrogens with one attached hydrogen (secondary N) is 2. The van der Waals surface area contributed by atoms with Gasteiger partial charge in [0.25, 0.3) is 5.91 Å². The first kappa shape index (κ1) is 15.3. The van der Waals surface area contributed by atoms with Gasteiger partial charge in [-0.15, -0.1) is 0 Å². The van der Waals surface area contributed by atoms with Crippen LogP contribution in [0.25, 0.3) is 0 Å². The van der Waals surface area contributed by atoms with Crippen LogP contribution in [-0.4, -0.2) is 23.8 Å². The SMILES string of the molecule is COc1ccc(CNC(=O)c2[nH]c3c(c2C)C(=O)CCC3)cc1. The molecule has 0 saturated heterocycles. The molecule has 0 radical (unpaired) electrons. The summed E-state index contributed by atoms with van der Waals surface area (Å²) in [6.07, 6.45) is 2.24. The summed E-state index contributed by atoms with van der Waals surface area (Å²) in [5.41, 5.74) is 3.86. The van der Waals surface area contributed by atoms with Crippen molar-refractivity contribution in [3.63, 3.8) is 0 Å². The fourth-order valence-electron chi connectivity index (χ4n) is 3.02. The summed E-state index contributed by atoms with van der Waals surface area (Å²) in [7, 11) is 1.62. The predicted octanol–water partition coefficient (Wildman–Crippen LogP) is 2.78. The Hall–Kier alpha value is -2.56. The average molecular weight is 312 g/mol. The van der Waals surface area contributed by atoms with Gasteiger partial charge in [-0.3, -0.25) is 9.59 Å². The molecular weight excluding hydrogens is 292 g/mol. The number of methoxy groups -OCH3 is 1. The first-order valence-electron chi connectivity index (χ1n) is 7.76. The van der Waals surface area contributed by atoms with Gasteiger partial charge in [0.1, 0.15) is 11.4 Å². The molecule has 23 heavy (non-hydrogen) atoms. The summed E-state index contributed by atoms with van der Waals surface area (Å²) in [4.78, 5) is 27.6. The number of hydrogen-bond donors (Lipinski definition) is 2. The number of aromatic nitrogens is 1. The third kappa shape index (κ3) is 2.99. The Morgan fingerprint density at radius 1 is 1.26 bits per heavy atom. The quantitative estimate of drug-likeness (QED) is 0.912. The van der Waals surface area contributed by atoms with Crippen molar-refractivity contribution >= 4 is 11.7 Å². The molecule has 5 nitrogen and oxygen atoms in total. The van der Waals surface area contributed by atoms with E-state index in [-0.39, 0.29) is 11.7 Å². The van der Waals surface area contributed by atoms with Gasteiger partial charge in [0, 0.05) is 24.2 Å². The van der Waals surface area contributed by atoms with E-state index in [9.17, 15) is 9.59 Å². The van der Waals surface area contributed by atoms with E-state index in [1.165, 1.54) is 0 Å². The lowest BCUT2D eigenvalue weighted by Gasteiger charge is -2.09. The van der Waals surface area contributed by atoms with Gasteiger partial charge in [0.2, 0.25) is 0 Å². The second-order valence-electron chi connectivity index (χ2n) is 5.79. The summed E-state index contributed by atoms with van der Waals surface area (Å²) in [5, 5.41) is 2.90. The standard InChI is InChI=1S/C18H20N2O3/c1-11-16-14(4-3-5-15(16)21)20-17(11)18(22)19-10-12-6-8-13(23-2)9-7-12/h6-9,20H,3-5,10H2,1-2H3,(H,19,22). The van der Waals surface area contributed by atoms with Crippen molar-refractivity contribution in [1.29, 1.82) is 0 Å². The third-order valence-electron chi connectivity index (χ3n) is 4.28. The third-order valence-corrected chi connectivity index (χ3v) is 4.28. The number of benzene rings is 1. The van der Waals surface area contributed by atoms with Crippen LogP contribution in [0.3, 0.4) is 0 Å². The Morgan fingerprint density at radius 2 is 2.00 bits per heavy atom. The fourth-order valence-corrected chi connectivity index (χ4v) is 3.02. The number of hydrogen-bond acceptors (Lipinski definition) is 3. The van der Waals surface area contributed by atoms with Crippen LogP contribution in [0.2, 0.25) is 0 Å². The van der Waals surface area contributed by atoms with E-state index < -0.39 is 0 Å². The monoisotopic (exact) mass is 312 g/mol. The van der Waals surface area contributed by atoms with E-state index in [0.717, 1.165) is 35.4 Å². The molecular formula is C18H20N2O3. The minimum atomic E-state index is -0.180. The molecule has 120 valence electrons. The number of aryl methyl sites for hydroxylation is 1. The van der Waals surface area contributed by atoms with Crippen LogP contribution >= 0.6 is 0 Å². The summed E-state index contributed by atoms with van der Waals surface area (Å²) < 4.78 is 5.11. The summed E-state index contributed by atoms with van der Waals surface area (Å²) in [5.74, 6) is 0.737. The second-order valence-corrected chi connectivity index (χ2v) is 5.79. The second kappa shape index (κ2) is 6.28. The number of fused-ring (bicyclic) bond motifs is 1. The summed E-state index contributed by atoms with van der Waals surface area (Å²) in [6.45, 7) is 2.26. The lowest BCUT2D eigenvalue weighted by molar-refractivity contribution is 0.0945. The highest BCUT2D eigenvalue weighted by Gasteiger charge is 2.26. The molecule has 0 aliphatic heterocycles. The number of aromatic amines is 1. The number of carbonyl (C=O) groups is 2. The predicted molar refractivity (Wildman–Crippen MR) is 87.0 cm³/mol. The molecule has 0 saturated carbocycles. The summed E-state index contributed by atoms with van der Waals surface area (Å²) in [6, 6.07) is 7.54. The molecule has 2 aromatic rings.